The average Bonchev–Trinajstić information content (AvgIpc) is 2.49. The molecule has 0 aliphatic heterocycles. The van der Waals surface area contributed by atoms with Crippen LogP contribution in [0.15, 0.2) is 34.8 Å². The molecule has 0 saturated heterocycles. The van der Waals surface area contributed by atoms with E-state index in [1.165, 1.54) is 12.1 Å². The van der Waals surface area contributed by atoms with E-state index in [0.29, 0.717) is 16.5 Å². The highest BCUT2D eigenvalue weighted by molar-refractivity contribution is 9.10. The maximum Gasteiger partial charge on any atom is 0.319 e. The van der Waals surface area contributed by atoms with Crippen molar-refractivity contribution in [2.75, 3.05) is 12.4 Å². The van der Waals surface area contributed by atoms with Crippen LogP contribution in [0.25, 0.3) is 0 Å². The number of carbonyl (C=O) groups is 1. The van der Waals surface area contributed by atoms with Gasteiger partial charge in [0, 0.05) is 21.6 Å². The molecule has 0 bridgehead atoms. The molecule has 0 aliphatic carbocycles. The van der Waals surface area contributed by atoms with Crippen LogP contribution < -0.4 is 15.4 Å². The molecular formula is C15H12BrCl3N2O2. The largest absolute Gasteiger partial charge is 0.496 e. The van der Waals surface area contributed by atoms with Crippen molar-refractivity contribution < 1.29 is 9.53 Å². The maximum absolute atomic E-state index is 12.0. The van der Waals surface area contributed by atoms with Crippen molar-refractivity contribution in [3.8, 4) is 5.75 Å². The van der Waals surface area contributed by atoms with Crippen LogP contribution in [0.1, 0.15) is 5.56 Å². The quantitative estimate of drug-likeness (QED) is 0.640. The number of nitrogens with one attached hydrogen (secondary N) is 2. The van der Waals surface area contributed by atoms with Crippen molar-refractivity contribution in [3.63, 3.8) is 0 Å². The molecule has 2 aromatic carbocycles. The SMILES string of the molecule is COc1cc(Br)ccc1CNC(=O)Nc1c(Cl)cc(Cl)cc1Cl. The van der Waals surface area contributed by atoms with E-state index in [2.05, 4.69) is 26.6 Å². The third-order valence-electron chi connectivity index (χ3n) is 2.93. The summed E-state index contributed by atoms with van der Waals surface area (Å²) in [5, 5.41) is 6.24. The molecular weight excluding hydrogens is 426 g/mol. The zero-order valence-corrected chi connectivity index (χ0v) is 15.8. The fraction of sp³-hybridized carbons (Fsp3) is 0.133. The predicted molar refractivity (Wildman–Crippen MR) is 98.0 cm³/mol. The Morgan fingerprint density at radius 2 is 1.83 bits per heavy atom. The fourth-order valence-corrected chi connectivity index (χ4v) is 3.11. The van der Waals surface area contributed by atoms with E-state index in [1.807, 2.05) is 18.2 Å². The summed E-state index contributed by atoms with van der Waals surface area (Å²) in [6, 6.07) is 8.10. The number of carbonyl (C=O) groups excluding carboxylic acids is 1. The van der Waals surface area contributed by atoms with Crippen LogP contribution in [0.5, 0.6) is 5.75 Å². The molecule has 0 saturated carbocycles. The molecule has 0 aliphatic rings. The van der Waals surface area contributed by atoms with Gasteiger partial charge < -0.3 is 15.4 Å². The molecule has 8 heteroatoms. The summed E-state index contributed by atoms with van der Waals surface area (Å²) in [6.07, 6.45) is 0. The topological polar surface area (TPSA) is 50.4 Å². The highest BCUT2D eigenvalue weighted by atomic mass is 79.9. The summed E-state index contributed by atoms with van der Waals surface area (Å²) in [7, 11) is 1.57. The smallest absolute Gasteiger partial charge is 0.319 e. The van der Waals surface area contributed by atoms with E-state index in [1.54, 1.807) is 7.11 Å². The van der Waals surface area contributed by atoms with Gasteiger partial charge in [0.2, 0.25) is 0 Å². The van der Waals surface area contributed by atoms with Gasteiger partial charge in [-0.25, -0.2) is 4.79 Å². The van der Waals surface area contributed by atoms with Crippen LogP contribution in [-0.2, 0) is 6.54 Å². The highest BCUT2D eigenvalue weighted by Gasteiger charge is 2.12. The first kappa shape index (κ1) is 18.2. The number of halogens is 4. The molecule has 2 aromatic rings. The van der Waals surface area contributed by atoms with E-state index >= 15 is 0 Å². The number of amides is 2. The lowest BCUT2D eigenvalue weighted by atomic mass is 10.2. The summed E-state index contributed by atoms with van der Waals surface area (Å²) in [5.74, 6) is 0.669. The Morgan fingerprint density at radius 3 is 2.43 bits per heavy atom. The molecule has 0 spiro atoms. The molecule has 2 N–H and O–H groups in total. The number of hydrogen-bond acceptors (Lipinski definition) is 2. The van der Waals surface area contributed by atoms with Gasteiger partial charge in [-0.2, -0.15) is 0 Å². The number of hydrogen-bond donors (Lipinski definition) is 2. The molecule has 0 fully saturated rings. The van der Waals surface area contributed by atoms with E-state index < -0.39 is 6.03 Å². The Morgan fingerprint density at radius 1 is 1.17 bits per heavy atom. The van der Waals surface area contributed by atoms with Gasteiger partial charge in [0.25, 0.3) is 0 Å². The molecule has 0 unspecified atom stereocenters. The summed E-state index contributed by atoms with van der Waals surface area (Å²) in [4.78, 5) is 12.0. The summed E-state index contributed by atoms with van der Waals surface area (Å²) < 4.78 is 6.16. The van der Waals surface area contributed by atoms with Gasteiger partial charge in [-0.15, -0.1) is 0 Å². The monoisotopic (exact) mass is 436 g/mol. The van der Waals surface area contributed by atoms with Crippen LogP contribution >= 0.6 is 50.7 Å². The minimum absolute atomic E-state index is 0.263. The van der Waals surface area contributed by atoms with Crippen molar-refractivity contribution >= 4 is 62.5 Å². The zero-order valence-electron chi connectivity index (χ0n) is 11.9. The van der Waals surface area contributed by atoms with Crippen molar-refractivity contribution in [1.29, 1.82) is 0 Å². The lowest BCUT2D eigenvalue weighted by Gasteiger charge is -2.13. The first-order valence-electron chi connectivity index (χ1n) is 6.42. The molecule has 0 atom stereocenters. The van der Waals surface area contributed by atoms with Gasteiger partial charge in [-0.1, -0.05) is 56.8 Å². The van der Waals surface area contributed by atoms with E-state index in [4.69, 9.17) is 39.5 Å². The Balaban J connectivity index is 2.04. The molecule has 122 valence electrons. The van der Waals surface area contributed by atoms with Gasteiger partial charge >= 0.3 is 6.03 Å². The molecule has 0 heterocycles. The minimum Gasteiger partial charge on any atom is -0.496 e. The minimum atomic E-state index is -0.443. The molecule has 2 amide bonds. The van der Waals surface area contributed by atoms with Gasteiger partial charge in [0.05, 0.1) is 22.8 Å². The Bertz CT molecular complexity index is 718. The van der Waals surface area contributed by atoms with E-state index in [-0.39, 0.29) is 16.6 Å². The Kier molecular flexibility index (Phi) is 6.41. The molecule has 4 nitrogen and oxygen atoms in total. The standard InChI is InChI=1S/C15H12BrCl3N2O2/c1-23-13-4-9(16)3-2-8(13)7-20-15(22)21-14-11(18)5-10(17)6-12(14)19/h2-6H,7H2,1H3,(H2,20,21,22). The molecule has 2 rings (SSSR count). The highest BCUT2D eigenvalue weighted by Crippen LogP contribution is 2.33. The lowest BCUT2D eigenvalue weighted by Crippen LogP contribution is -2.28. The van der Waals surface area contributed by atoms with Crippen molar-refractivity contribution in [2.45, 2.75) is 6.54 Å². The van der Waals surface area contributed by atoms with Gasteiger partial charge in [-0.3, -0.25) is 0 Å². The zero-order chi connectivity index (χ0) is 17.0. The summed E-state index contributed by atoms with van der Waals surface area (Å²) in [6.45, 7) is 0.283. The third kappa shape index (κ3) is 4.91. The number of rotatable bonds is 4. The van der Waals surface area contributed by atoms with Gasteiger partial charge in [0.1, 0.15) is 5.75 Å². The molecule has 23 heavy (non-hydrogen) atoms. The van der Waals surface area contributed by atoms with E-state index in [9.17, 15) is 4.79 Å². The maximum atomic E-state index is 12.0. The fourth-order valence-electron chi connectivity index (χ4n) is 1.86. The van der Waals surface area contributed by atoms with Crippen LogP contribution in [0.4, 0.5) is 10.5 Å². The second-order valence-electron chi connectivity index (χ2n) is 4.51. The number of ether oxygens (including phenoxy) is 1. The second kappa shape index (κ2) is 8.11. The number of urea groups is 1. The van der Waals surface area contributed by atoms with E-state index in [0.717, 1.165) is 10.0 Å². The van der Waals surface area contributed by atoms with Crippen LogP contribution in [0.3, 0.4) is 0 Å². The second-order valence-corrected chi connectivity index (χ2v) is 6.67. The predicted octanol–water partition coefficient (Wildman–Crippen LogP) is 5.74. The summed E-state index contributed by atoms with van der Waals surface area (Å²) >= 11 is 21.2. The van der Waals surface area contributed by atoms with Crippen LogP contribution in [0, 0.1) is 0 Å². The number of methoxy groups -OCH3 is 1. The van der Waals surface area contributed by atoms with Crippen molar-refractivity contribution in [2.24, 2.45) is 0 Å². The normalized spacial score (nSPS) is 10.3. The Hall–Kier alpha value is -1.14. The third-order valence-corrected chi connectivity index (χ3v) is 4.24. The van der Waals surface area contributed by atoms with Gasteiger partial charge in [-0.05, 0) is 24.3 Å². The molecule has 0 aromatic heterocycles. The first-order valence-corrected chi connectivity index (χ1v) is 8.35. The summed E-state index contributed by atoms with van der Waals surface area (Å²) in [5.41, 5.74) is 1.14. The lowest BCUT2D eigenvalue weighted by molar-refractivity contribution is 0.251. The first-order chi connectivity index (χ1) is 10.9. The average molecular weight is 439 g/mol. The number of benzene rings is 2. The van der Waals surface area contributed by atoms with Crippen LogP contribution in [-0.4, -0.2) is 13.1 Å². The number of anilines is 1. The van der Waals surface area contributed by atoms with Crippen LogP contribution in [0.2, 0.25) is 15.1 Å². The molecule has 0 radical (unpaired) electrons. The van der Waals surface area contributed by atoms with Crippen molar-refractivity contribution in [3.05, 3.63) is 55.4 Å². The Labute approximate surface area is 157 Å². The van der Waals surface area contributed by atoms with Gasteiger partial charge in [0.15, 0.2) is 0 Å². The van der Waals surface area contributed by atoms with Crippen molar-refractivity contribution in [1.82, 2.24) is 5.32 Å².